The Morgan fingerprint density at radius 2 is 2.13 bits per heavy atom. The van der Waals surface area contributed by atoms with Gasteiger partial charge in [0.1, 0.15) is 12.2 Å². The third kappa shape index (κ3) is 5.18. The number of carbonyl (C=O) groups excluding carboxylic acids is 2. The maximum Gasteiger partial charge on any atom is 0.245 e. The molecule has 0 radical (unpaired) electrons. The minimum Gasteiger partial charge on any atom is -0.375 e. The van der Waals surface area contributed by atoms with Gasteiger partial charge in [0.25, 0.3) is 0 Å². The Balaban J connectivity index is 1.64. The first-order valence-electron chi connectivity index (χ1n) is 8.61. The minimum absolute atomic E-state index is 0.0849. The van der Waals surface area contributed by atoms with Crippen molar-refractivity contribution in [1.82, 2.24) is 10.2 Å². The van der Waals surface area contributed by atoms with E-state index in [4.69, 9.17) is 9.47 Å². The van der Waals surface area contributed by atoms with Crippen LogP contribution in [0.2, 0.25) is 0 Å². The molecule has 2 saturated heterocycles. The molecule has 2 amide bonds. The SMILES string of the molecule is COCC(=O)NCC1CCC2(CN(C(=O)CCC(C)C)C2)OC1. The molecule has 1 unspecified atom stereocenters. The molecular formula is C17H30N2O4. The number of rotatable bonds is 7. The van der Waals surface area contributed by atoms with Gasteiger partial charge in [-0.2, -0.15) is 0 Å². The highest BCUT2D eigenvalue weighted by Crippen LogP contribution is 2.36. The molecule has 0 aliphatic carbocycles. The van der Waals surface area contributed by atoms with Gasteiger partial charge >= 0.3 is 0 Å². The van der Waals surface area contributed by atoms with Crippen LogP contribution < -0.4 is 5.32 Å². The van der Waals surface area contributed by atoms with Crippen molar-refractivity contribution >= 4 is 11.8 Å². The first-order chi connectivity index (χ1) is 10.9. The molecule has 0 aromatic heterocycles. The Morgan fingerprint density at radius 1 is 1.39 bits per heavy atom. The van der Waals surface area contributed by atoms with Crippen molar-refractivity contribution in [2.24, 2.45) is 11.8 Å². The van der Waals surface area contributed by atoms with Crippen LogP contribution in [0.25, 0.3) is 0 Å². The molecular weight excluding hydrogens is 296 g/mol. The Bertz CT molecular complexity index is 409. The molecule has 6 nitrogen and oxygen atoms in total. The highest BCUT2D eigenvalue weighted by molar-refractivity contribution is 5.77. The van der Waals surface area contributed by atoms with Gasteiger partial charge in [0.2, 0.25) is 11.8 Å². The maximum absolute atomic E-state index is 12.1. The zero-order valence-corrected chi connectivity index (χ0v) is 14.6. The third-order valence-corrected chi connectivity index (χ3v) is 4.74. The van der Waals surface area contributed by atoms with Gasteiger partial charge in [0, 0.05) is 20.1 Å². The highest BCUT2D eigenvalue weighted by atomic mass is 16.5. The van der Waals surface area contributed by atoms with Crippen molar-refractivity contribution < 1.29 is 19.1 Å². The van der Waals surface area contributed by atoms with E-state index >= 15 is 0 Å². The van der Waals surface area contributed by atoms with Crippen molar-refractivity contribution in [3.63, 3.8) is 0 Å². The summed E-state index contributed by atoms with van der Waals surface area (Å²) in [6.45, 7) is 7.13. The van der Waals surface area contributed by atoms with Gasteiger partial charge in [-0.05, 0) is 31.1 Å². The number of hydrogen-bond acceptors (Lipinski definition) is 4. The van der Waals surface area contributed by atoms with Gasteiger partial charge < -0.3 is 19.7 Å². The number of hydrogen-bond donors (Lipinski definition) is 1. The van der Waals surface area contributed by atoms with Gasteiger partial charge in [-0.15, -0.1) is 0 Å². The molecule has 2 rings (SSSR count). The van der Waals surface area contributed by atoms with E-state index in [0.29, 0.717) is 31.4 Å². The van der Waals surface area contributed by atoms with Crippen molar-refractivity contribution in [3.8, 4) is 0 Å². The second kappa shape index (κ2) is 8.11. The van der Waals surface area contributed by atoms with Crippen LogP contribution in [-0.2, 0) is 19.1 Å². The van der Waals surface area contributed by atoms with Crippen molar-refractivity contribution in [3.05, 3.63) is 0 Å². The number of likely N-dealkylation sites (tertiary alicyclic amines) is 1. The van der Waals surface area contributed by atoms with E-state index in [1.54, 1.807) is 0 Å². The molecule has 23 heavy (non-hydrogen) atoms. The average molecular weight is 326 g/mol. The summed E-state index contributed by atoms with van der Waals surface area (Å²) in [4.78, 5) is 25.4. The summed E-state index contributed by atoms with van der Waals surface area (Å²) in [6, 6.07) is 0. The largest absolute Gasteiger partial charge is 0.375 e. The normalized spacial score (nSPS) is 23.0. The van der Waals surface area contributed by atoms with Gasteiger partial charge in [-0.3, -0.25) is 9.59 Å². The number of nitrogens with zero attached hydrogens (tertiary/aromatic N) is 1. The van der Waals surface area contributed by atoms with Gasteiger partial charge in [0.05, 0.1) is 19.7 Å². The Hall–Kier alpha value is -1.14. The van der Waals surface area contributed by atoms with E-state index in [1.807, 2.05) is 4.90 Å². The van der Waals surface area contributed by atoms with E-state index in [9.17, 15) is 9.59 Å². The molecule has 1 atom stereocenters. The fraction of sp³-hybridized carbons (Fsp3) is 0.882. The lowest BCUT2D eigenvalue weighted by molar-refractivity contribution is -0.188. The van der Waals surface area contributed by atoms with Crippen molar-refractivity contribution in [1.29, 1.82) is 0 Å². The van der Waals surface area contributed by atoms with E-state index in [0.717, 1.165) is 32.4 Å². The van der Waals surface area contributed by atoms with Crippen LogP contribution in [-0.4, -0.2) is 62.3 Å². The smallest absolute Gasteiger partial charge is 0.245 e. The zero-order chi connectivity index (χ0) is 16.9. The molecule has 0 aromatic rings. The lowest BCUT2D eigenvalue weighted by atomic mass is 9.82. The van der Waals surface area contributed by atoms with E-state index < -0.39 is 0 Å². The molecule has 6 heteroatoms. The van der Waals surface area contributed by atoms with Crippen LogP contribution in [0, 0.1) is 11.8 Å². The quantitative estimate of drug-likeness (QED) is 0.763. The fourth-order valence-electron chi connectivity index (χ4n) is 3.16. The molecule has 132 valence electrons. The molecule has 2 heterocycles. The molecule has 1 spiro atoms. The summed E-state index contributed by atoms with van der Waals surface area (Å²) >= 11 is 0. The lowest BCUT2D eigenvalue weighted by Crippen LogP contribution is -2.66. The Kier molecular flexibility index (Phi) is 6.41. The predicted octanol–water partition coefficient (Wildman–Crippen LogP) is 1.19. The monoisotopic (exact) mass is 326 g/mol. The predicted molar refractivity (Wildman–Crippen MR) is 86.9 cm³/mol. The Morgan fingerprint density at radius 3 is 2.70 bits per heavy atom. The molecule has 2 aliphatic heterocycles. The highest BCUT2D eigenvalue weighted by Gasteiger charge is 2.48. The van der Waals surface area contributed by atoms with E-state index in [-0.39, 0.29) is 24.0 Å². The van der Waals surface area contributed by atoms with Crippen LogP contribution in [0.15, 0.2) is 0 Å². The maximum atomic E-state index is 12.1. The fourth-order valence-corrected chi connectivity index (χ4v) is 3.16. The van der Waals surface area contributed by atoms with Gasteiger partial charge in [0.15, 0.2) is 0 Å². The number of ether oxygens (including phenoxy) is 2. The van der Waals surface area contributed by atoms with Crippen molar-refractivity contribution in [2.75, 3.05) is 40.0 Å². The third-order valence-electron chi connectivity index (χ3n) is 4.74. The second-order valence-electron chi connectivity index (χ2n) is 7.32. The number of amides is 2. The van der Waals surface area contributed by atoms with Crippen LogP contribution in [0.4, 0.5) is 0 Å². The van der Waals surface area contributed by atoms with Gasteiger partial charge in [-0.1, -0.05) is 13.8 Å². The van der Waals surface area contributed by atoms with Gasteiger partial charge in [-0.25, -0.2) is 0 Å². The van der Waals surface area contributed by atoms with E-state index in [1.165, 1.54) is 7.11 Å². The molecule has 2 fully saturated rings. The standard InChI is InChI=1S/C17H30N2O4/c1-13(2)4-5-16(21)19-11-17(12-19)7-6-14(9-23-17)8-18-15(20)10-22-3/h13-14H,4-12H2,1-3H3,(H,18,20). The second-order valence-corrected chi connectivity index (χ2v) is 7.32. The van der Waals surface area contributed by atoms with Crippen LogP contribution in [0.3, 0.4) is 0 Å². The van der Waals surface area contributed by atoms with Crippen molar-refractivity contribution in [2.45, 2.75) is 45.1 Å². The lowest BCUT2D eigenvalue weighted by Gasteiger charge is -2.52. The summed E-state index contributed by atoms with van der Waals surface area (Å²) in [5.74, 6) is 1.08. The van der Waals surface area contributed by atoms with Crippen LogP contribution in [0.5, 0.6) is 0 Å². The summed E-state index contributed by atoms with van der Waals surface area (Å²) in [7, 11) is 1.51. The topological polar surface area (TPSA) is 67.9 Å². The minimum atomic E-state index is -0.124. The van der Waals surface area contributed by atoms with E-state index in [2.05, 4.69) is 19.2 Å². The molecule has 0 aromatic carbocycles. The summed E-state index contributed by atoms with van der Waals surface area (Å²) < 4.78 is 10.8. The number of methoxy groups -OCH3 is 1. The summed E-state index contributed by atoms with van der Waals surface area (Å²) in [6.07, 6.45) is 3.58. The first-order valence-corrected chi connectivity index (χ1v) is 8.61. The molecule has 1 N–H and O–H groups in total. The molecule has 0 saturated carbocycles. The summed E-state index contributed by atoms with van der Waals surface area (Å²) in [5, 5.41) is 2.86. The number of nitrogens with one attached hydrogen (secondary N) is 1. The molecule has 2 aliphatic rings. The average Bonchev–Trinajstić information content (AvgIpc) is 2.49. The van der Waals surface area contributed by atoms with Crippen LogP contribution >= 0.6 is 0 Å². The summed E-state index contributed by atoms with van der Waals surface area (Å²) in [5.41, 5.74) is -0.124. The first kappa shape index (κ1) is 18.2. The van der Waals surface area contributed by atoms with Crippen LogP contribution in [0.1, 0.15) is 39.5 Å². The number of carbonyl (C=O) groups is 2. The Labute approximate surface area is 138 Å². The zero-order valence-electron chi connectivity index (χ0n) is 14.6. The molecule has 0 bridgehead atoms.